The van der Waals surface area contributed by atoms with Gasteiger partial charge in [0.2, 0.25) is 16.2 Å². The van der Waals surface area contributed by atoms with Gasteiger partial charge in [-0.2, -0.15) is 13.4 Å². The molecule has 324 valence electrons. The van der Waals surface area contributed by atoms with Gasteiger partial charge in [-0.05, 0) is 72.1 Å². The highest BCUT2D eigenvalue weighted by molar-refractivity contribution is 7.91. The Morgan fingerprint density at radius 2 is 1.58 bits per heavy atom. The van der Waals surface area contributed by atoms with E-state index in [2.05, 4.69) is 20.6 Å². The summed E-state index contributed by atoms with van der Waals surface area (Å²) < 4.78 is 59.2. The lowest BCUT2D eigenvalue weighted by Crippen LogP contribution is -2.54. The first-order valence-electron chi connectivity index (χ1n) is 19.2. The molecule has 2 N–H and O–H groups in total. The van der Waals surface area contributed by atoms with Crippen molar-refractivity contribution in [3.63, 3.8) is 0 Å². The number of fused-ring (bicyclic) bond motifs is 1. The van der Waals surface area contributed by atoms with Crippen LogP contribution in [0.15, 0.2) is 69.9 Å². The minimum Gasteiger partial charge on any atom is -0.444 e. The molecule has 21 heteroatoms. The Morgan fingerprint density at radius 3 is 2.23 bits per heavy atom. The Labute approximate surface area is 352 Å². The van der Waals surface area contributed by atoms with Crippen LogP contribution >= 0.6 is 18.9 Å². The maximum Gasteiger partial charge on any atom is 0.413 e. The van der Waals surface area contributed by atoms with Gasteiger partial charge in [0, 0.05) is 31.3 Å². The van der Waals surface area contributed by atoms with Crippen molar-refractivity contribution in [1.82, 2.24) is 29.1 Å². The Bertz CT molecular complexity index is 2370. The van der Waals surface area contributed by atoms with E-state index >= 15 is 0 Å². The number of rotatable bonds is 16. The number of carbonyl (C=O) groups is 4. The Balaban J connectivity index is 1.24. The van der Waals surface area contributed by atoms with E-state index in [1.807, 2.05) is 6.07 Å². The summed E-state index contributed by atoms with van der Waals surface area (Å²) in [5.74, 6) is -1.99. The van der Waals surface area contributed by atoms with Crippen molar-refractivity contribution in [3.8, 4) is 0 Å². The molecular formula is C39H50N7O11PS2. The molecule has 4 aromatic rings. The first-order valence-corrected chi connectivity index (χ1v) is 23.1. The van der Waals surface area contributed by atoms with E-state index in [1.165, 1.54) is 6.20 Å². The van der Waals surface area contributed by atoms with Gasteiger partial charge < -0.3 is 24.0 Å². The monoisotopic (exact) mass is 887 g/mol. The summed E-state index contributed by atoms with van der Waals surface area (Å²) in [6.07, 6.45) is 0.641. The Hall–Kier alpha value is -5.01. The SMILES string of the molecule is CC(C)(C)OP(=O)(CCC(=O)NCCCc1cn(CC(=O)N2CCN(S(=O)(=O)c3nc4ccccc4s3)C(=O)C2)c(=O)nc1NC(=O)OCc1ccccc1)OC(C)(C)C. The van der Waals surface area contributed by atoms with Crippen molar-refractivity contribution in [2.24, 2.45) is 0 Å². The third-order valence-corrected chi connectivity index (χ3v) is 14.1. The van der Waals surface area contributed by atoms with Crippen molar-refractivity contribution in [1.29, 1.82) is 0 Å². The van der Waals surface area contributed by atoms with Crippen LogP contribution in [-0.4, -0.2) is 99.5 Å². The van der Waals surface area contributed by atoms with Gasteiger partial charge in [-0.25, -0.2) is 18.9 Å². The predicted octanol–water partition coefficient (Wildman–Crippen LogP) is 4.92. The van der Waals surface area contributed by atoms with Gasteiger partial charge in [-0.3, -0.25) is 28.8 Å². The Morgan fingerprint density at radius 1 is 0.917 bits per heavy atom. The summed E-state index contributed by atoms with van der Waals surface area (Å²) in [5.41, 5.74) is -0.905. The highest BCUT2D eigenvalue weighted by atomic mass is 32.2. The van der Waals surface area contributed by atoms with E-state index in [-0.39, 0.29) is 55.4 Å². The zero-order valence-corrected chi connectivity index (χ0v) is 36.9. The number of sulfonamides is 1. The van der Waals surface area contributed by atoms with Crippen molar-refractivity contribution >= 4 is 68.8 Å². The second kappa shape index (κ2) is 19.1. The van der Waals surface area contributed by atoms with Crippen LogP contribution in [0.2, 0.25) is 0 Å². The number of hydrogen-bond acceptors (Lipinski definition) is 14. The molecular weight excluding hydrogens is 838 g/mol. The van der Waals surface area contributed by atoms with Crippen LogP contribution < -0.4 is 16.3 Å². The fourth-order valence-electron chi connectivity index (χ4n) is 6.00. The predicted molar refractivity (Wildman–Crippen MR) is 224 cm³/mol. The number of thiazole rings is 1. The molecule has 0 bridgehead atoms. The summed E-state index contributed by atoms with van der Waals surface area (Å²) >= 11 is 0.939. The quantitative estimate of drug-likeness (QED) is 0.113. The summed E-state index contributed by atoms with van der Waals surface area (Å²) in [7, 11) is -7.92. The zero-order valence-electron chi connectivity index (χ0n) is 34.3. The molecule has 5 rings (SSSR count). The number of ether oxygens (including phenoxy) is 1. The minimum absolute atomic E-state index is 0.0536. The largest absolute Gasteiger partial charge is 0.444 e. The number of benzene rings is 2. The van der Waals surface area contributed by atoms with E-state index < -0.39 is 71.4 Å². The second-order valence-corrected chi connectivity index (χ2v) is 21.0. The molecule has 0 radical (unpaired) electrons. The number of nitrogens with zero attached hydrogens (tertiary/aromatic N) is 5. The van der Waals surface area contributed by atoms with Crippen molar-refractivity contribution in [2.45, 2.75) is 89.5 Å². The second-order valence-electron chi connectivity index (χ2n) is 15.9. The molecule has 2 aromatic heterocycles. The van der Waals surface area contributed by atoms with Gasteiger partial charge in [-0.1, -0.05) is 42.5 Å². The first kappa shape index (κ1) is 46.1. The maximum atomic E-state index is 13.5. The van der Waals surface area contributed by atoms with Gasteiger partial charge >= 0.3 is 19.4 Å². The highest BCUT2D eigenvalue weighted by Crippen LogP contribution is 2.54. The first-order chi connectivity index (χ1) is 28.1. The normalized spacial score (nSPS) is 14.0. The molecule has 1 fully saturated rings. The number of piperazine rings is 1. The molecule has 0 aliphatic carbocycles. The molecule has 1 saturated heterocycles. The lowest BCUT2D eigenvalue weighted by Gasteiger charge is -2.33. The maximum absolute atomic E-state index is 13.5. The van der Waals surface area contributed by atoms with Gasteiger partial charge in [-0.15, -0.1) is 11.3 Å². The Kier molecular flexibility index (Phi) is 14.7. The average Bonchev–Trinajstić information content (AvgIpc) is 3.61. The zero-order chi connectivity index (χ0) is 43.9. The molecule has 0 saturated carbocycles. The van der Waals surface area contributed by atoms with Crippen molar-refractivity contribution < 1.29 is 45.9 Å². The van der Waals surface area contributed by atoms with Gasteiger partial charge in [0.05, 0.1) is 34.1 Å². The van der Waals surface area contributed by atoms with Gasteiger partial charge in [0.25, 0.3) is 15.9 Å². The summed E-state index contributed by atoms with van der Waals surface area (Å²) in [4.78, 5) is 74.8. The molecule has 1 aliphatic heterocycles. The van der Waals surface area contributed by atoms with Crippen molar-refractivity contribution in [3.05, 3.63) is 82.4 Å². The fraction of sp³-hybridized carbons (Fsp3) is 0.462. The molecule has 18 nitrogen and oxygen atoms in total. The number of anilines is 1. The molecule has 3 heterocycles. The number of nitrogens with one attached hydrogen (secondary N) is 2. The lowest BCUT2D eigenvalue weighted by molar-refractivity contribution is -0.142. The van der Waals surface area contributed by atoms with Crippen LogP contribution in [0, 0.1) is 0 Å². The standard InChI is InChI=1S/C39H50N7O11PS2/c1-38(2,3)56-58(52,57-39(4,5)6)22-18-31(47)40-19-12-15-28-23-45(35(50)42-34(28)43-36(51)55-26-27-13-8-7-9-14-27)24-32(48)44-20-21-46(33(49)25-44)60(53,54)37-41-29-16-10-11-17-30(29)59-37/h7-11,13-14,16-17,23H,12,15,18-22,24-26H2,1-6H3,(H,40,47)(H,42,43,50,51). The van der Waals surface area contributed by atoms with Gasteiger partial charge in [0.15, 0.2) is 0 Å². The van der Waals surface area contributed by atoms with Gasteiger partial charge in [0.1, 0.15) is 25.5 Å². The third-order valence-electron chi connectivity index (χ3n) is 8.51. The number of hydrogen-bond donors (Lipinski definition) is 2. The number of carbonyl (C=O) groups excluding carboxylic acids is 4. The van der Waals surface area contributed by atoms with Crippen molar-refractivity contribution in [2.75, 3.05) is 37.7 Å². The van der Waals surface area contributed by atoms with E-state index in [0.29, 0.717) is 26.5 Å². The molecule has 0 atom stereocenters. The van der Waals surface area contributed by atoms with Crippen LogP contribution in [0.3, 0.4) is 0 Å². The molecule has 1 aliphatic rings. The average molecular weight is 888 g/mol. The lowest BCUT2D eigenvalue weighted by atomic mass is 10.1. The summed E-state index contributed by atoms with van der Waals surface area (Å²) in [5, 5.41) is 5.27. The number of aryl methyl sites for hydroxylation is 1. The molecule has 0 unspecified atom stereocenters. The number of amides is 4. The number of aromatic nitrogens is 3. The van der Waals surface area contributed by atoms with Crippen LogP contribution in [0.25, 0.3) is 10.2 Å². The van der Waals surface area contributed by atoms with E-state index in [4.69, 9.17) is 13.8 Å². The van der Waals surface area contributed by atoms with Crippen LogP contribution in [-0.2, 0) is 62.3 Å². The van der Waals surface area contributed by atoms with Crippen LogP contribution in [0.5, 0.6) is 0 Å². The molecule has 0 spiro atoms. The van der Waals surface area contributed by atoms with Crippen LogP contribution in [0.4, 0.5) is 10.6 Å². The minimum atomic E-state index is -4.28. The highest BCUT2D eigenvalue weighted by Gasteiger charge is 2.38. The topological polar surface area (TPSA) is 225 Å². The fourth-order valence-corrected chi connectivity index (χ4v) is 11.1. The molecule has 2 aromatic carbocycles. The van der Waals surface area contributed by atoms with E-state index in [1.54, 1.807) is 90.1 Å². The molecule has 4 amide bonds. The molecule has 60 heavy (non-hydrogen) atoms. The van der Waals surface area contributed by atoms with Crippen LogP contribution in [0.1, 0.15) is 65.5 Å². The smallest absolute Gasteiger partial charge is 0.413 e. The third kappa shape index (κ3) is 13.0. The summed E-state index contributed by atoms with van der Waals surface area (Å²) in [6.45, 7) is 9.03. The number of para-hydroxylation sites is 1. The van der Waals surface area contributed by atoms with E-state index in [9.17, 15) is 37.0 Å². The van der Waals surface area contributed by atoms with E-state index in [0.717, 1.165) is 26.4 Å². The summed E-state index contributed by atoms with van der Waals surface area (Å²) in [6, 6.07) is 15.8.